The molecule has 8 heteroatoms. The standard InChI is InChI=1S/C12H16F2N2O2S.ClH/c1-12(6-15)3-4-16(7-12)10(17)9-8(2-5-19-9)18-11(13)14;/h2,5,11H,3-4,6-7,15H2,1H3;1H. The Balaban J connectivity index is 0.00000200. The summed E-state index contributed by atoms with van der Waals surface area (Å²) in [4.78, 5) is 14.2. The molecule has 2 heterocycles. The number of nitrogens with two attached hydrogens (primary N) is 1. The third kappa shape index (κ3) is 3.59. The van der Waals surface area contributed by atoms with Crippen molar-refractivity contribution in [1.82, 2.24) is 4.90 Å². The maximum atomic E-state index is 12.3. The molecule has 0 aliphatic carbocycles. The zero-order valence-corrected chi connectivity index (χ0v) is 12.6. The topological polar surface area (TPSA) is 55.6 Å². The summed E-state index contributed by atoms with van der Waals surface area (Å²) in [5.74, 6) is -0.311. The molecule has 0 spiro atoms. The molecule has 0 radical (unpaired) electrons. The first-order valence-electron chi connectivity index (χ1n) is 5.97. The molecule has 2 N–H and O–H groups in total. The second-order valence-corrected chi connectivity index (χ2v) is 5.90. The molecule has 1 amide bonds. The van der Waals surface area contributed by atoms with E-state index in [0.717, 1.165) is 17.8 Å². The molecule has 1 unspecified atom stereocenters. The van der Waals surface area contributed by atoms with Gasteiger partial charge in [0.15, 0.2) is 0 Å². The van der Waals surface area contributed by atoms with Gasteiger partial charge in [0.25, 0.3) is 5.91 Å². The minimum absolute atomic E-state index is 0. The number of likely N-dealkylation sites (tertiary alicyclic amines) is 1. The highest BCUT2D eigenvalue weighted by Gasteiger charge is 2.36. The van der Waals surface area contributed by atoms with Crippen molar-refractivity contribution in [3.63, 3.8) is 0 Å². The average molecular weight is 327 g/mol. The summed E-state index contributed by atoms with van der Waals surface area (Å²) in [6.07, 6.45) is 0.825. The molecular formula is C12H17ClF2N2O2S. The van der Waals surface area contributed by atoms with Gasteiger partial charge in [0.1, 0.15) is 10.6 Å². The van der Waals surface area contributed by atoms with Gasteiger partial charge >= 0.3 is 6.61 Å². The van der Waals surface area contributed by atoms with Crippen LogP contribution in [0.3, 0.4) is 0 Å². The summed E-state index contributed by atoms with van der Waals surface area (Å²) < 4.78 is 28.8. The van der Waals surface area contributed by atoms with Crippen LogP contribution in [-0.2, 0) is 0 Å². The normalized spacial score (nSPS) is 21.9. The van der Waals surface area contributed by atoms with E-state index in [1.54, 1.807) is 10.3 Å². The minimum Gasteiger partial charge on any atom is -0.433 e. The highest BCUT2D eigenvalue weighted by Crippen LogP contribution is 2.33. The molecule has 2 rings (SSSR count). The van der Waals surface area contributed by atoms with Gasteiger partial charge in [-0.05, 0) is 29.8 Å². The molecule has 1 saturated heterocycles. The zero-order valence-electron chi connectivity index (χ0n) is 11.0. The third-order valence-electron chi connectivity index (χ3n) is 3.38. The number of carbonyl (C=O) groups is 1. The molecule has 4 nitrogen and oxygen atoms in total. The van der Waals surface area contributed by atoms with Gasteiger partial charge in [0.2, 0.25) is 0 Å². The third-order valence-corrected chi connectivity index (χ3v) is 4.26. The number of halogens is 3. The molecule has 114 valence electrons. The lowest BCUT2D eigenvalue weighted by Gasteiger charge is -2.22. The molecule has 1 aliphatic heterocycles. The Bertz CT molecular complexity index is 472. The number of hydrogen-bond acceptors (Lipinski definition) is 4. The smallest absolute Gasteiger partial charge is 0.387 e. The Kier molecular flexibility index (Phi) is 5.73. The lowest BCUT2D eigenvalue weighted by atomic mass is 9.90. The second-order valence-electron chi connectivity index (χ2n) is 4.98. The molecule has 1 fully saturated rings. The quantitative estimate of drug-likeness (QED) is 0.925. The first kappa shape index (κ1) is 17.1. The van der Waals surface area contributed by atoms with Crippen molar-refractivity contribution in [2.24, 2.45) is 11.1 Å². The number of hydrogen-bond donors (Lipinski definition) is 1. The molecule has 1 atom stereocenters. The Labute approximate surface area is 126 Å². The first-order valence-corrected chi connectivity index (χ1v) is 6.85. The number of ether oxygens (including phenoxy) is 1. The summed E-state index contributed by atoms with van der Waals surface area (Å²) in [5, 5.41) is 1.57. The fourth-order valence-electron chi connectivity index (χ4n) is 2.15. The van der Waals surface area contributed by atoms with Crippen molar-refractivity contribution in [3.8, 4) is 5.75 Å². The molecule has 20 heavy (non-hydrogen) atoms. The molecule has 0 aromatic carbocycles. The highest BCUT2D eigenvalue weighted by molar-refractivity contribution is 7.12. The lowest BCUT2D eigenvalue weighted by Crippen LogP contribution is -2.34. The van der Waals surface area contributed by atoms with Crippen LogP contribution in [0, 0.1) is 5.41 Å². The largest absolute Gasteiger partial charge is 0.433 e. The van der Waals surface area contributed by atoms with E-state index in [0.29, 0.717) is 19.6 Å². The Morgan fingerprint density at radius 3 is 2.90 bits per heavy atom. The van der Waals surface area contributed by atoms with Crippen LogP contribution in [0.2, 0.25) is 0 Å². The zero-order chi connectivity index (χ0) is 14.0. The van der Waals surface area contributed by atoms with E-state index in [-0.39, 0.29) is 34.4 Å². The average Bonchev–Trinajstić information content (AvgIpc) is 2.95. The van der Waals surface area contributed by atoms with Crippen molar-refractivity contribution in [2.45, 2.75) is 20.0 Å². The van der Waals surface area contributed by atoms with E-state index < -0.39 is 6.61 Å². The van der Waals surface area contributed by atoms with Gasteiger partial charge < -0.3 is 15.4 Å². The van der Waals surface area contributed by atoms with Crippen molar-refractivity contribution in [3.05, 3.63) is 16.3 Å². The Hall–Kier alpha value is -0.920. The van der Waals surface area contributed by atoms with E-state index in [4.69, 9.17) is 5.73 Å². The molecule has 0 bridgehead atoms. The Morgan fingerprint density at radius 1 is 1.65 bits per heavy atom. The monoisotopic (exact) mass is 326 g/mol. The molecule has 0 saturated carbocycles. The number of amides is 1. The molecule has 1 aromatic rings. The van der Waals surface area contributed by atoms with Gasteiger partial charge in [0.05, 0.1) is 0 Å². The maximum absolute atomic E-state index is 12.3. The van der Waals surface area contributed by atoms with Crippen LogP contribution in [0.4, 0.5) is 8.78 Å². The number of carbonyl (C=O) groups excluding carboxylic acids is 1. The van der Waals surface area contributed by atoms with Crippen LogP contribution in [0.5, 0.6) is 5.75 Å². The van der Waals surface area contributed by atoms with Crippen LogP contribution < -0.4 is 10.5 Å². The first-order chi connectivity index (χ1) is 8.95. The predicted octanol–water partition coefficient (Wildman–Crippen LogP) is 2.58. The van der Waals surface area contributed by atoms with Crippen LogP contribution in [0.1, 0.15) is 23.0 Å². The van der Waals surface area contributed by atoms with Gasteiger partial charge in [0, 0.05) is 13.1 Å². The number of nitrogens with zero attached hydrogens (tertiary/aromatic N) is 1. The van der Waals surface area contributed by atoms with E-state index in [9.17, 15) is 13.6 Å². The number of thiophene rings is 1. The van der Waals surface area contributed by atoms with Crippen molar-refractivity contribution in [2.75, 3.05) is 19.6 Å². The number of alkyl halides is 2. The van der Waals surface area contributed by atoms with Gasteiger partial charge in [-0.3, -0.25) is 4.79 Å². The highest BCUT2D eigenvalue weighted by atomic mass is 35.5. The fourth-order valence-corrected chi connectivity index (χ4v) is 2.94. The minimum atomic E-state index is -2.92. The van der Waals surface area contributed by atoms with Crippen LogP contribution in [0.25, 0.3) is 0 Å². The summed E-state index contributed by atoms with van der Waals surface area (Å²) in [7, 11) is 0. The van der Waals surface area contributed by atoms with Crippen molar-refractivity contribution < 1.29 is 18.3 Å². The Morgan fingerprint density at radius 2 is 2.35 bits per heavy atom. The van der Waals surface area contributed by atoms with Crippen LogP contribution in [0.15, 0.2) is 11.4 Å². The van der Waals surface area contributed by atoms with Crippen molar-refractivity contribution >= 4 is 29.7 Å². The molecule has 1 aromatic heterocycles. The van der Waals surface area contributed by atoms with Gasteiger partial charge in [-0.1, -0.05) is 6.92 Å². The summed E-state index contributed by atoms with van der Waals surface area (Å²) in [5.41, 5.74) is 5.60. The summed E-state index contributed by atoms with van der Waals surface area (Å²) in [6, 6.07) is 1.39. The second kappa shape index (κ2) is 6.69. The van der Waals surface area contributed by atoms with E-state index in [1.807, 2.05) is 6.92 Å². The van der Waals surface area contributed by atoms with E-state index in [1.165, 1.54) is 6.07 Å². The van der Waals surface area contributed by atoms with Gasteiger partial charge in [-0.25, -0.2) is 0 Å². The van der Waals surface area contributed by atoms with Gasteiger partial charge in [-0.15, -0.1) is 23.7 Å². The fraction of sp³-hybridized carbons (Fsp3) is 0.583. The molecular weight excluding hydrogens is 310 g/mol. The van der Waals surface area contributed by atoms with Crippen LogP contribution in [-0.4, -0.2) is 37.1 Å². The lowest BCUT2D eigenvalue weighted by molar-refractivity contribution is -0.0499. The predicted molar refractivity (Wildman–Crippen MR) is 75.9 cm³/mol. The van der Waals surface area contributed by atoms with Gasteiger partial charge in [-0.2, -0.15) is 8.78 Å². The molecule has 1 aliphatic rings. The number of rotatable bonds is 4. The summed E-state index contributed by atoms with van der Waals surface area (Å²) in [6.45, 7) is 0.744. The summed E-state index contributed by atoms with van der Waals surface area (Å²) >= 11 is 1.11. The van der Waals surface area contributed by atoms with E-state index in [2.05, 4.69) is 4.74 Å². The maximum Gasteiger partial charge on any atom is 0.387 e. The SMILES string of the molecule is CC1(CN)CCN(C(=O)c2sccc2OC(F)F)C1.Cl. The van der Waals surface area contributed by atoms with Crippen LogP contribution >= 0.6 is 23.7 Å². The van der Waals surface area contributed by atoms with Crippen molar-refractivity contribution in [1.29, 1.82) is 0 Å². The van der Waals surface area contributed by atoms with E-state index >= 15 is 0 Å².